The van der Waals surface area contributed by atoms with Crippen LogP contribution in [0.5, 0.6) is 5.75 Å². The molecule has 0 unspecified atom stereocenters. The summed E-state index contributed by atoms with van der Waals surface area (Å²) in [6.45, 7) is 3.23. The third kappa shape index (κ3) is 4.77. The minimum atomic E-state index is 0.278. The van der Waals surface area contributed by atoms with Crippen LogP contribution in [0.4, 0.5) is 5.88 Å². The molecule has 1 aromatic heterocycles. The van der Waals surface area contributed by atoms with Gasteiger partial charge in [-0.25, -0.2) is 0 Å². The maximum Gasteiger partial charge on any atom is 0.235 e. The first kappa shape index (κ1) is 18.3. The van der Waals surface area contributed by atoms with E-state index in [1.54, 1.807) is 6.08 Å². The number of rotatable bonds is 7. The molecule has 1 heterocycles. The van der Waals surface area contributed by atoms with Gasteiger partial charge in [0.1, 0.15) is 11.8 Å². The number of hydrogen-bond donors (Lipinski definition) is 0. The summed E-state index contributed by atoms with van der Waals surface area (Å²) < 4.78 is 11.2. The molecular formula is C22H21N3O2. The Morgan fingerprint density at radius 1 is 1.11 bits per heavy atom. The number of nitriles is 1. The van der Waals surface area contributed by atoms with Gasteiger partial charge in [0.05, 0.1) is 6.61 Å². The minimum absolute atomic E-state index is 0.278. The Morgan fingerprint density at radius 3 is 2.52 bits per heavy atom. The third-order valence-corrected chi connectivity index (χ3v) is 3.95. The van der Waals surface area contributed by atoms with E-state index in [-0.39, 0.29) is 5.69 Å². The molecule has 2 aromatic carbocycles. The van der Waals surface area contributed by atoms with Gasteiger partial charge in [-0.05, 0) is 36.3 Å². The molecule has 0 amide bonds. The molecule has 0 radical (unpaired) electrons. The molecule has 0 aliphatic carbocycles. The Hall–Kier alpha value is -3.52. The second-order valence-corrected chi connectivity index (χ2v) is 5.99. The fourth-order valence-electron chi connectivity index (χ4n) is 2.67. The average molecular weight is 359 g/mol. The molecule has 27 heavy (non-hydrogen) atoms. The van der Waals surface area contributed by atoms with Crippen LogP contribution in [0.15, 0.2) is 59.0 Å². The zero-order valence-corrected chi connectivity index (χ0v) is 15.4. The first-order chi connectivity index (χ1) is 13.2. The molecule has 3 rings (SSSR count). The molecule has 0 saturated carbocycles. The van der Waals surface area contributed by atoms with E-state index in [1.165, 1.54) is 0 Å². The minimum Gasteiger partial charge on any atom is -0.494 e. The highest BCUT2D eigenvalue weighted by Crippen LogP contribution is 2.23. The van der Waals surface area contributed by atoms with Crippen LogP contribution in [0, 0.1) is 11.3 Å². The van der Waals surface area contributed by atoms with Crippen LogP contribution < -0.4 is 9.64 Å². The van der Waals surface area contributed by atoms with Gasteiger partial charge in [-0.1, -0.05) is 42.5 Å². The average Bonchev–Trinajstić information content (AvgIpc) is 3.12. The third-order valence-electron chi connectivity index (χ3n) is 3.95. The van der Waals surface area contributed by atoms with Gasteiger partial charge in [0.15, 0.2) is 0 Å². The number of benzene rings is 2. The molecule has 0 aliphatic rings. The van der Waals surface area contributed by atoms with Crippen LogP contribution >= 0.6 is 0 Å². The van der Waals surface area contributed by atoms with E-state index in [2.05, 4.69) is 11.1 Å². The maximum atomic E-state index is 9.38. The summed E-state index contributed by atoms with van der Waals surface area (Å²) in [7, 11) is 1.88. The molecule has 0 spiro atoms. The van der Waals surface area contributed by atoms with Gasteiger partial charge in [-0.3, -0.25) is 0 Å². The quantitative estimate of drug-likeness (QED) is 0.609. The summed E-state index contributed by atoms with van der Waals surface area (Å²) >= 11 is 0. The maximum absolute atomic E-state index is 9.38. The monoisotopic (exact) mass is 359 g/mol. The largest absolute Gasteiger partial charge is 0.494 e. The fraction of sp³-hybridized carbons (Fsp3) is 0.182. The number of nitrogens with zero attached hydrogens (tertiary/aromatic N) is 3. The lowest BCUT2D eigenvalue weighted by Crippen LogP contribution is -2.16. The Bertz CT molecular complexity index is 938. The summed E-state index contributed by atoms with van der Waals surface area (Å²) in [6, 6.07) is 19.9. The predicted molar refractivity (Wildman–Crippen MR) is 106 cm³/mol. The number of ether oxygens (including phenoxy) is 1. The van der Waals surface area contributed by atoms with Crippen molar-refractivity contribution in [3.8, 4) is 11.8 Å². The van der Waals surface area contributed by atoms with Crippen LogP contribution in [0.25, 0.3) is 12.2 Å². The highest BCUT2D eigenvalue weighted by Gasteiger charge is 2.16. The van der Waals surface area contributed by atoms with E-state index in [9.17, 15) is 5.26 Å². The van der Waals surface area contributed by atoms with Crippen molar-refractivity contribution in [3.05, 3.63) is 77.3 Å². The van der Waals surface area contributed by atoms with Crippen LogP contribution in [0.2, 0.25) is 0 Å². The summed E-state index contributed by atoms with van der Waals surface area (Å²) in [5.74, 6) is 1.70. The summed E-state index contributed by atoms with van der Waals surface area (Å²) in [4.78, 5) is 6.16. The standard InChI is InChI=1S/C22H21N3O2/c1-3-26-19-12-9-17(10-13-19)11-14-21-24-20(15-23)22(27-21)25(2)16-18-7-5-4-6-8-18/h4-14H,3,16H2,1-2H3. The number of anilines is 1. The lowest BCUT2D eigenvalue weighted by molar-refractivity contribution is 0.340. The van der Waals surface area contributed by atoms with E-state index in [4.69, 9.17) is 9.15 Å². The first-order valence-electron chi connectivity index (χ1n) is 8.76. The second-order valence-electron chi connectivity index (χ2n) is 5.99. The van der Waals surface area contributed by atoms with Crippen molar-refractivity contribution >= 4 is 18.0 Å². The zero-order valence-electron chi connectivity index (χ0n) is 15.4. The van der Waals surface area contributed by atoms with Gasteiger partial charge in [0.2, 0.25) is 17.5 Å². The Labute approximate surface area is 159 Å². The summed E-state index contributed by atoms with van der Waals surface area (Å²) in [5.41, 5.74) is 2.40. The molecule has 3 aromatic rings. The summed E-state index contributed by atoms with van der Waals surface area (Å²) in [5, 5.41) is 9.38. The molecular weight excluding hydrogens is 338 g/mol. The van der Waals surface area contributed by atoms with Crippen LogP contribution in [-0.4, -0.2) is 18.6 Å². The van der Waals surface area contributed by atoms with Crippen molar-refractivity contribution in [1.29, 1.82) is 5.26 Å². The fourth-order valence-corrected chi connectivity index (χ4v) is 2.67. The van der Waals surface area contributed by atoms with Crippen molar-refractivity contribution in [2.45, 2.75) is 13.5 Å². The van der Waals surface area contributed by atoms with Crippen LogP contribution in [0.1, 0.15) is 29.6 Å². The predicted octanol–water partition coefficient (Wildman–Crippen LogP) is 4.75. The van der Waals surface area contributed by atoms with Crippen LogP contribution in [0.3, 0.4) is 0 Å². The molecule has 5 heteroatoms. The van der Waals surface area contributed by atoms with Crippen molar-refractivity contribution in [1.82, 2.24) is 4.98 Å². The zero-order chi connectivity index (χ0) is 19.1. The van der Waals surface area contributed by atoms with E-state index in [1.807, 2.05) is 79.5 Å². The normalized spacial score (nSPS) is 10.7. The van der Waals surface area contributed by atoms with Crippen LogP contribution in [-0.2, 0) is 6.54 Å². The lowest BCUT2D eigenvalue weighted by atomic mass is 10.2. The summed E-state index contributed by atoms with van der Waals surface area (Å²) in [6.07, 6.45) is 3.65. The van der Waals surface area contributed by atoms with E-state index < -0.39 is 0 Å². The van der Waals surface area contributed by atoms with E-state index in [0.717, 1.165) is 16.9 Å². The number of aromatic nitrogens is 1. The van der Waals surface area contributed by atoms with Gasteiger partial charge < -0.3 is 14.1 Å². The molecule has 0 aliphatic heterocycles. The molecule has 0 fully saturated rings. The molecule has 0 bridgehead atoms. The molecule has 0 atom stereocenters. The van der Waals surface area contributed by atoms with E-state index >= 15 is 0 Å². The highest BCUT2D eigenvalue weighted by atomic mass is 16.5. The van der Waals surface area contributed by atoms with Gasteiger partial charge in [-0.15, -0.1) is 0 Å². The highest BCUT2D eigenvalue weighted by molar-refractivity contribution is 5.67. The lowest BCUT2D eigenvalue weighted by Gasteiger charge is -2.15. The van der Waals surface area contributed by atoms with Crippen molar-refractivity contribution in [2.24, 2.45) is 0 Å². The molecule has 0 saturated heterocycles. The Kier molecular flexibility index (Phi) is 5.91. The number of hydrogen-bond acceptors (Lipinski definition) is 5. The molecule has 136 valence electrons. The van der Waals surface area contributed by atoms with Crippen molar-refractivity contribution in [2.75, 3.05) is 18.6 Å². The van der Waals surface area contributed by atoms with Gasteiger partial charge >= 0.3 is 0 Å². The van der Waals surface area contributed by atoms with Gasteiger partial charge in [0, 0.05) is 19.7 Å². The smallest absolute Gasteiger partial charge is 0.235 e. The molecule has 5 nitrogen and oxygen atoms in total. The van der Waals surface area contributed by atoms with Crippen molar-refractivity contribution in [3.63, 3.8) is 0 Å². The molecule has 0 N–H and O–H groups in total. The Balaban J connectivity index is 1.74. The Morgan fingerprint density at radius 2 is 1.85 bits per heavy atom. The topological polar surface area (TPSA) is 62.3 Å². The number of oxazole rings is 1. The SMILES string of the molecule is CCOc1ccc(C=Cc2nc(C#N)c(N(C)Cc3ccccc3)o2)cc1. The van der Waals surface area contributed by atoms with E-state index in [0.29, 0.717) is 24.9 Å². The van der Waals surface area contributed by atoms with Gasteiger partial charge in [-0.2, -0.15) is 10.2 Å². The second kappa shape index (κ2) is 8.72. The first-order valence-corrected chi connectivity index (χ1v) is 8.76. The van der Waals surface area contributed by atoms with Crippen molar-refractivity contribution < 1.29 is 9.15 Å². The van der Waals surface area contributed by atoms with Gasteiger partial charge in [0.25, 0.3) is 0 Å².